The molecule has 1 amide bonds. The lowest BCUT2D eigenvalue weighted by Crippen LogP contribution is -2.45. The molecule has 450 valence electrons. The number of aliphatic hydroxyl groups excluding tert-OH is 2. The van der Waals surface area contributed by atoms with Crippen molar-refractivity contribution in [1.29, 1.82) is 0 Å². The number of hydrogen-bond acceptors (Lipinski definition) is 3. The molecule has 4 nitrogen and oxygen atoms in total. The number of carbonyl (C=O) groups excluding carboxylic acids is 1. The Morgan fingerprint density at radius 2 is 0.539 bits per heavy atom. The maximum atomic E-state index is 12.5. The summed E-state index contributed by atoms with van der Waals surface area (Å²) in [6, 6.07) is -0.622. The molecule has 76 heavy (non-hydrogen) atoms. The molecule has 0 aliphatic carbocycles. The molecule has 0 radical (unpaired) electrons. The molecule has 0 rings (SSSR count). The average Bonchev–Trinajstić information content (AvgIpc) is 3.42. The molecule has 4 heteroatoms. The summed E-state index contributed by atoms with van der Waals surface area (Å²) in [6.45, 7) is 4.35. The SMILES string of the molecule is CCCCCCC/C=C\C/C=C\CCCCCCCCCCCCCCCCCCCCCCCCCC(=O)NC(CO)C(O)/C=C/CCCCCCCCCCCCCCCCCCCCCCCCCCCCC. The molecular formula is C72H139NO3. The highest BCUT2D eigenvalue weighted by Crippen LogP contribution is 2.19. The first kappa shape index (κ1) is 74.6. The van der Waals surface area contributed by atoms with E-state index in [-0.39, 0.29) is 12.5 Å². The third-order valence-electron chi connectivity index (χ3n) is 16.6. The zero-order valence-electron chi connectivity index (χ0n) is 52.1. The fourth-order valence-corrected chi connectivity index (χ4v) is 11.3. The minimum absolute atomic E-state index is 0.0551. The van der Waals surface area contributed by atoms with E-state index in [0.29, 0.717) is 6.42 Å². The van der Waals surface area contributed by atoms with Gasteiger partial charge in [0.2, 0.25) is 5.91 Å². The highest BCUT2D eigenvalue weighted by Gasteiger charge is 2.18. The van der Waals surface area contributed by atoms with Gasteiger partial charge in [-0.05, 0) is 51.4 Å². The second kappa shape index (κ2) is 67.9. The Bertz CT molecular complexity index is 1160. The van der Waals surface area contributed by atoms with E-state index in [1.165, 1.54) is 347 Å². The fraction of sp³-hybridized carbons (Fsp3) is 0.903. The largest absolute Gasteiger partial charge is 0.394 e. The van der Waals surface area contributed by atoms with Gasteiger partial charge in [-0.15, -0.1) is 0 Å². The smallest absolute Gasteiger partial charge is 0.220 e. The van der Waals surface area contributed by atoms with E-state index in [1.54, 1.807) is 6.08 Å². The van der Waals surface area contributed by atoms with Crippen molar-refractivity contribution in [3.05, 3.63) is 36.5 Å². The van der Waals surface area contributed by atoms with Crippen LogP contribution in [0.1, 0.15) is 399 Å². The zero-order chi connectivity index (χ0) is 54.8. The molecule has 0 fully saturated rings. The van der Waals surface area contributed by atoms with Gasteiger partial charge >= 0.3 is 0 Å². The minimum atomic E-state index is -0.839. The first-order valence-electron chi connectivity index (χ1n) is 35.2. The summed E-state index contributed by atoms with van der Waals surface area (Å²) in [7, 11) is 0. The van der Waals surface area contributed by atoms with Crippen molar-refractivity contribution >= 4 is 5.91 Å². The molecule has 0 aliphatic heterocycles. The molecule has 3 N–H and O–H groups in total. The molecule has 0 aromatic carbocycles. The van der Waals surface area contributed by atoms with Gasteiger partial charge in [0.1, 0.15) is 0 Å². The van der Waals surface area contributed by atoms with Crippen LogP contribution in [0.25, 0.3) is 0 Å². The monoisotopic (exact) mass is 1070 g/mol. The summed E-state index contributed by atoms with van der Waals surface area (Å²) < 4.78 is 0. The van der Waals surface area contributed by atoms with Gasteiger partial charge in [-0.2, -0.15) is 0 Å². The lowest BCUT2D eigenvalue weighted by Gasteiger charge is -2.20. The number of nitrogens with one attached hydrogen (secondary N) is 1. The predicted molar refractivity (Wildman–Crippen MR) is 341 cm³/mol. The van der Waals surface area contributed by atoms with E-state index < -0.39 is 12.1 Å². The Morgan fingerprint density at radius 1 is 0.316 bits per heavy atom. The van der Waals surface area contributed by atoms with Crippen molar-refractivity contribution in [3.8, 4) is 0 Å². The van der Waals surface area contributed by atoms with Crippen LogP contribution in [0.5, 0.6) is 0 Å². The first-order valence-corrected chi connectivity index (χ1v) is 35.2. The van der Waals surface area contributed by atoms with Gasteiger partial charge in [0.05, 0.1) is 18.8 Å². The number of unbranched alkanes of at least 4 members (excludes halogenated alkanes) is 55. The molecule has 0 spiro atoms. The van der Waals surface area contributed by atoms with Crippen LogP contribution in [0.15, 0.2) is 36.5 Å². The van der Waals surface area contributed by atoms with E-state index in [4.69, 9.17) is 0 Å². The van der Waals surface area contributed by atoms with E-state index in [1.807, 2.05) is 6.08 Å². The van der Waals surface area contributed by atoms with Gasteiger partial charge in [-0.3, -0.25) is 4.79 Å². The molecule has 0 saturated carbocycles. The van der Waals surface area contributed by atoms with E-state index in [9.17, 15) is 15.0 Å². The van der Waals surface area contributed by atoms with Gasteiger partial charge < -0.3 is 15.5 Å². The molecule has 0 aliphatic rings. The Hall–Kier alpha value is -1.39. The van der Waals surface area contributed by atoms with Crippen LogP contribution in [0.4, 0.5) is 0 Å². The van der Waals surface area contributed by atoms with Gasteiger partial charge in [-0.1, -0.05) is 378 Å². The van der Waals surface area contributed by atoms with Crippen molar-refractivity contribution in [3.63, 3.8) is 0 Å². The molecule has 0 saturated heterocycles. The van der Waals surface area contributed by atoms with Crippen molar-refractivity contribution in [1.82, 2.24) is 5.32 Å². The molecular weight excluding hydrogens is 927 g/mol. The van der Waals surface area contributed by atoms with Gasteiger partial charge in [-0.25, -0.2) is 0 Å². The number of amides is 1. The standard InChI is InChI=1S/C72H139NO3/c1-3-5-7-9-11-13-15-17-19-21-23-25-27-29-31-33-34-35-36-37-38-40-42-44-46-48-50-52-54-56-58-60-62-64-66-68-72(76)73-70(69-74)71(75)67-65-63-61-59-57-55-53-51-49-47-45-43-41-39-32-30-28-26-24-22-20-18-16-14-12-10-8-6-4-2/h15,17,21,23,65,67,70-71,74-75H,3-14,16,18-20,22,24-64,66,68-69H2,1-2H3,(H,73,76)/b17-15-,23-21-,67-65+. The molecule has 0 bridgehead atoms. The van der Waals surface area contributed by atoms with E-state index in [0.717, 1.165) is 32.1 Å². The maximum Gasteiger partial charge on any atom is 0.220 e. The highest BCUT2D eigenvalue weighted by molar-refractivity contribution is 5.76. The lowest BCUT2D eigenvalue weighted by atomic mass is 10.0. The number of allylic oxidation sites excluding steroid dienone is 5. The second-order valence-corrected chi connectivity index (χ2v) is 24.3. The van der Waals surface area contributed by atoms with Crippen molar-refractivity contribution in [2.45, 2.75) is 411 Å². The van der Waals surface area contributed by atoms with Gasteiger partial charge in [0.25, 0.3) is 0 Å². The third kappa shape index (κ3) is 63.4. The minimum Gasteiger partial charge on any atom is -0.394 e. The first-order chi connectivity index (χ1) is 37.7. The van der Waals surface area contributed by atoms with Crippen LogP contribution in [0.2, 0.25) is 0 Å². The van der Waals surface area contributed by atoms with Gasteiger partial charge in [0.15, 0.2) is 0 Å². The number of aliphatic hydroxyl groups is 2. The molecule has 0 aromatic rings. The quantitative estimate of drug-likeness (QED) is 0.0420. The predicted octanol–water partition coefficient (Wildman–Crippen LogP) is 23.9. The number of hydrogen-bond donors (Lipinski definition) is 3. The molecule has 2 unspecified atom stereocenters. The van der Waals surface area contributed by atoms with Crippen molar-refractivity contribution < 1.29 is 15.0 Å². The van der Waals surface area contributed by atoms with Crippen LogP contribution in [0.3, 0.4) is 0 Å². The lowest BCUT2D eigenvalue weighted by molar-refractivity contribution is -0.123. The third-order valence-corrected chi connectivity index (χ3v) is 16.6. The topological polar surface area (TPSA) is 69.6 Å². The second-order valence-electron chi connectivity index (χ2n) is 24.3. The molecule has 0 aromatic heterocycles. The highest BCUT2D eigenvalue weighted by atomic mass is 16.3. The Morgan fingerprint density at radius 3 is 0.789 bits per heavy atom. The van der Waals surface area contributed by atoms with Crippen molar-refractivity contribution in [2.24, 2.45) is 0 Å². The summed E-state index contributed by atoms with van der Waals surface area (Å²) in [5, 5.41) is 23.3. The fourth-order valence-electron chi connectivity index (χ4n) is 11.3. The van der Waals surface area contributed by atoms with Crippen LogP contribution in [-0.2, 0) is 4.79 Å². The van der Waals surface area contributed by atoms with Crippen LogP contribution in [-0.4, -0.2) is 34.9 Å². The average molecular weight is 1070 g/mol. The molecule has 2 atom stereocenters. The normalized spacial score (nSPS) is 12.8. The summed E-state index contributed by atoms with van der Waals surface area (Å²) in [4.78, 5) is 12.5. The van der Waals surface area contributed by atoms with Crippen LogP contribution >= 0.6 is 0 Å². The van der Waals surface area contributed by atoms with Crippen molar-refractivity contribution in [2.75, 3.05) is 6.61 Å². The van der Waals surface area contributed by atoms with E-state index >= 15 is 0 Å². The summed E-state index contributed by atoms with van der Waals surface area (Å²) in [5.74, 6) is -0.0551. The number of rotatable bonds is 66. The Balaban J connectivity index is 3.41. The summed E-state index contributed by atoms with van der Waals surface area (Å²) in [6.07, 6.45) is 93.8. The van der Waals surface area contributed by atoms with Gasteiger partial charge in [0, 0.05) is 6.42 Å². The summed E-state index contributed by atoms with van der Waals surface area (Å²) in [5.41, 5.74) is 0. The maximum absolute atomic E-state index is 12.5. The Labute approximate surface area is 478 Å². The molecule has 0 heterocycles. The zero-order valence-corrected chi connectivity index (χ0v) is 52.1. The number of carbonyl (C=O) groups is 1. The van der Waals surface area contributed by atoms with E-state index in [2.05, 4.69) is 43.5 Å². The Kier molecular flexibility index (Phi) is 66.6. The van der Waals surface area contributed by atoms with Crippen LogP contribution < -0.4 is 5.32 Å². The van der Waals surface area contributed by atoms with Crippen LogP contribution in [0, 0.1) is 0 Å². The summed E-state index contributed by atoms with van der Waals surface area (Å²) >= 11 is 0.